The van der Waals surface area contributed by atoms with E-state index in [1.807, 2.05) is 0 Å². The Morgan fingerprint density at radius 3 is 2.53 bits per heavy atom. The number of carbonyl (C=O) groups excluding carboxylic acids is 1. The zero-order valence-electron chi connectivity index (χ0n) is 16.4. The van der Waals surface area contributed by atoms with Crippen LogP contribution in [0.2, 0.25) is 5.02 Å². The van der Waals surface area contributed by atoms with Crippen LogP contribution in [0.3, 0.4) is 0 Å². The van der Waals surface area contributed by atoms with Crippen molar-refractivity contribution < 1.29 is 22.4 Å². The molecule has 1 unspecified atom stereocenters. The summed E-state index contributed by atoms with van der Waals surface area (Å²) in [5, 5.41) is 12.7. The minimum Gasteiger partial charge on any atom is -0.306 e. The molecular weight excluding hydrogens is 450 g/mol. The molecule has 1 aromatic heterocycles. The first-order valence-electron chi connectivity index (χ1n) is 9.50. The molecule has 0 bridgehead atoms. The molecule has 0 spiro atoms. The molecule has 2 aromatic carbocycles. The lowest BCUT2D eigenvalue weighted by atomic mass is 9.99. The minimum absolute atomic E-state index is 0.187. The van der Waals surface area contributed by atoms with Gasteiger partial charge in [-0.15, -0.1) is 0 Å². The fourth-order valence-corrected chi connectivity index (χ4v) is 3.49. The summed E-state index contributed by atoms with van der Waals surface area (Å²) < 4.78 is 53.6. The van der Waals surface area contributed by atoms with Crippen molar-refractivity contribution in [2.75, 3.05) is 11.9 Å². The van der Waals surface area contributed by atoms with Crippen molar-refractivity contribution in [2.45, 2.75) is 18.6 Å². The van der Waals surface area contributed by atoms with Crippen LogP contribution in [-0.2, 0) is 6.18 Å². The number of alkyl halides is 3. The zero-order chi connectivity index (χ0) is 22.9. The number of amides is 2. The molecule has 0 aliphatic carbocycles. The number of urea groups is 1. The number of hydrazone groups is 1. The quantitative estimate of drug-likeness (QED) is 0.513. The lowest BCUT2D eigenvalue weighted by Crippen LogP contribution is -2.39. The van der Waals surface area contributed by atoms with Gasteiger partial charge >= 0.3 is 12.2 Å². The van der Waals surface area contributed by atoms with E-state index in [4.69, 9.17) is 11.6 Å². The number of hydrogen-bond acceptors (Lipinski definition) is 3. The van der Waals surface area contributed by atoms with Crippen molar-refractivity contribution in [1.82, 2.24) is 14.8 Å². The monoisotopic (exact) mass is 465 g/mol. The van der Waals surface area contributed by atoms with Gasteiger partial charge in [-0.25, -0.2) is 14.2 Å². The predicted molar refractivity (Wildman–Crippen MR) is 111 cm³/mol. The van der Waals surface area contributed by atoms with Gasteiger partial charge in [-0.2, -0.15) is 23.4 Å². The standard InChI is InChI=1S/C21H16ClF4N5O/c22-15-11-27-31(12-15)18-8-9-30(29-19(18)13-2-1-3-16(23)10-13)20(32)28-17-6-4-14(5-7-17)21(24,25)26/h1-7,10-12,18H,8-9H2,(H,28,32). The predicted octanol–water partition coefficient (Wildman–Crippen LogP) is 5.58. The molecule has 0 saturated carbocycles. The van der Waals surface area contributed by atoms with Crippen molar-refractivity contribution in [3.8, 4) is 0 Å². The van der Waals surface area contributed by atoms with Gasteiger partial charge in [0, 0.05) is 24.0 Å². The number of rotatable bonds is 3. The molecule has 32 heavy (non-hydrogen) atoms. The van der Waals surface area contributed by atoms with Crippen LogP contribution in [-0.4, -0.2) is 33.1 Å². The molecule has 0 fully saturated rings. The Hall–Kier alpha value is -3.40. The van der Waals surface area contributed by atoms with Crippen molar-refractivity contribution in [1.29, 1.82) is 0 Å². The number of nitrogens with one attached hydrogen (secondary N) is 1. The summed E-state index contributed by atoms with van der Waals surface area (Å²) in [6.07, 6.45) is -0.981. The highest BCUT2D eigenvalue weighted by Crippen LogP contribution is 2.30. The van der Waals surface area contributed by atoms with Gasteiger partial charge < -0.3 is 5.32 Å². The average Bonchev–Trinajstić information content (AvgIpc) is 3.19. The average molecular weight is 466 g/mol. The molecule has 2 amide bonds. The minimum atomic E-state index is -4.47. The topological polar surface area (TPSA) is 62.5 Å². The number of anilines is 1. The van der Waals surface area contributed by atoms with Crippen LogP contribution in [0.4, 0.5) is 28.0 Å². The van der Waals surface area contributed by atoms with Gasteiger partial charge in [0.1, 0.15) is 5.82 Å². The summed E-state index contributed by atoms with van der Waals surface area (Å²) in [4.78, 5) is 12.7. The lowest BCUT2D eigenvalue weighted by Gasteiger charge is -2.30. The fraction of sp³-hybridized carbons (Fsp3) is 0.190. The Labute approximate surface area is 185 Å². The molecule has 6 nitrogen and oxygen atoms in total. The number of hydrogen-bond donors (Lipinski definition) is 1. The Kier molecular flexibility index (Phi) is 5.88. The Bertz CT molecular complexity index is 1160. The Balaban J connectivity index is 1.60. The number of carbonyl (C=O) groups is 1. The summed E-state index contributed by atoms with van der Waals surface area (Å²) in [6.45, 7) is 0.202. The first-order chi connectivity index (χ1) is 15.2. The lowest BCUT2D eigenvalue weighted by molar-refractivity contribution is -0.137. The molecule has 3 aromatic rings. The van der Waals surface area contributed by atoms with Crippen molar-refractivity contribution >= 4 is 29.0 Å². The van der Waals surface area contributed by atoms with Crippen LogP contribution >= 0.6 is 11.6 Å². The Morgan fingerprint density at radius 1 is 1.16 bits per heavy atom. The first-order valence-corrected chi connectivity index (χ1v) is 9.88. The van der Waals surface area contributed by atoms with Crippen LogP contribution in [0.5, 0.6) is 0 Å². The maximum Gasteiger partial charge on any atom is 0.416 e. The van der Waals surface area contributed by atoms with Crippen LogP contribution in [0.15, 0.2) is 66.0 Å². The summed E-state index contributed by atoms with van der Waals surface area (Å²) in [6, 6.07) is 8.85. The van der Waals surface area contributed by atoms with E-state index in [1.165, 1.54) is 24.4 Å². The van der Waals surface area contributed by atoms with Crippen molar-refractivity contribution in [2.24, 2.45) is 5.10 Å². The van der Waals surface area contributed by atoms with Crippen molar-refractivity contribution in [3.63, 3.8) is 0 Å². The highest BCUT2D eigenvalue weighted by Gasteiger charge is 2.31. The third-order valence-electron chi connectivity index (χ3n) is 4.87. The van der Waals surface area contributed by atoms with E-state index in [0.29, 0.717) is 22.7 Å². The van der Waals surface area contributed by atoms with Crippen LogP contribution in [0.25, 0.3) is 0 Å². The number of benzene rings is 2. The van der Waals surface area contributed by atoms with Gasteiger partial charge in [0.05, 0.1) is 28.5 Å². The van der Waals surface area contributed by atoms with Gasteiger partial charge in [0.25, 0.3) is 0 Å². The second-order valence-electron chi connectivity index (χ2n) is 7.07. The zero-order valence-corrected chi connectivity index (χ0v) is 17.1. The highest BCUT2D eigenvalue weighted by molar-refractivity contribution is 6.30. The van der Waals surface area contributed by atoms with Crippen LogP contribution in [0.1, 0.15) is 23.6 Å². The van der Waals surface area contributed by atoms with Crippen molar-refractivity contribution in [3.05, 3.63) is 82.9 Å². The van der Waals surface area contributed by atoms with Gasteiger partial charge in [-0.3, -0.25) is 4.68 Å². The van der Waals surface area contributed by atoms with E-state index >= 15 is 0 Å². The van der Waals surface area contributed by atoms with E-state index in [0.717, 1.165) is 29.3 Å². The number of halogens is 5. The molecule has 0 saturated heterocycles. The number of nitrogens with zero attached hydrogens (tertiary/aromatic N) is 4. The Morgan fingerprint density at radius 2 is 1.91 bits per heavy atom. The summed E-state index contributed by atoms with van der Waals surface area (Å²) in [5.41, 5.74) is 0.235. The van der Waals surface area contributed by atoms with Gasteiger partial charge in [0.2, 0.25) is 0 Å². The highest BCUT2D eigenvalue weighted by atomic mass is 35.5. The van der Waals surface area contributed by atoms with E-state index in [1.54, 1.807) is 16.9 Å². The molecule has 11 heteroatoms. The third-order valence-corrected chi connectivity index (χ3v) is 5.06. The maximum absolute atomic E-state index is 13.8. The fourth-order valence-electron chi connectivity index (χ4n) is 3.35. The van der Waals surface area contributed by atoms with E-state index in [-0.39, 0.29) is 18.3 Å². The van der Waals surface area contributed by atoms with Gasteiger partial charge in [-0.1, -0.05) is 23.7 Å². The summed E-state index contributed by atoms with van der Waals surface area (Å²) in [5.74, 6) is -0.464. The smallest absolute Gasteiger partial charge is 0.306 e. The van der Waals surface area contributed by atoms with Gasteiger partial charge in [-0.05, 0) is 42.8 Å². The summed E-state index contributed by atoms with van der Waals surface area (Å²) >= 11 is 5.98. The molecule has 1 aliphatic heterocycles. The molecular formula is C21H16ClF4N5O. The van der Waals surface area contributed by atoms with Crippen LogP contribution < -0.4 is 5.32 Å². The molecule has 4 rings (SSSR count). The number of aromatic nitrogens is 2. The third kappa shape index (κ3) is 4.75. The van der Waals surface area contributed by atoms with Gasteiger partial charge in [0.15, 0.2) is 0 Å². The van der Waals surface area contributed by atoms with E-state index < -0.39 is 23.6 Å². The molecule has 166 valence electrons. The second-order valence-corrected chi connectivity index (χ2v) is 7.50. The SMILES string of the molecule is O=C(Nc1ccc(C(F)(F)F)cc1)N1CCC(n2cc(Cl)cn2)C(c2cccc(F)c2)=N1. The van der Waals surface area contributed by atoms with E-state index in [9.17, 15) is 22.4 Å². The molecule has 1 aliphatic rings. The molecule has 1 atom stereocenters. The normalized spacial score (nSPS) is 16.6. The maximum atomic E-state index is 13.8. The summed E-state index contributed by atoms with van der Waals surface area (Å²) in [7, 11) is 0. The second kappa shape index (κ2) is 8.62. The molecule has 2 heterocycles. The molecule has 0 radical (unpaired) electrons. The first kappa shape index (κ1) is 21.8. The molecule has 1 N–H and O–H groups in total. The van der Waals surface area contributed by atoms with Crippen LogP contribution in [0, 0.1) is 5.82 Å². The van der Waals surface area contributed by atoms with E-state index in [2.05, 4.69) is 15.5 Å². The largest absolute Gasteiger partial charge is 0.416 e.